The second-order valence-corrected chi connectivity index (χ2v) is 6.94. The number of hydrogen-bond acceptors (Lipinski definition) is 4. The molecule has 0 saturated carbocycles. The number of thiocarbonyl (C=S) groups is 1. The molecule has 0 spiro atoms. The summed E-state index contributed by atoms with van der Waals surface area (Å²) < 4.78 is 45.6. The van der Waals surface area contributed by atoms with E-state index in [4.69, 9.17) is 22.7 Å². The van der Waals surface area contributed by atoms with Crippen molar-refractivity contribution >= 4 is 27.2 Å². The van der Waals surface area contributed by atoms with Crippen molar-refractivity contribution in [2.45, 2.75) is 24.3 Å². The van der Waals surface area contributed by atoms with Gasteiger partial charge in [-0.25, -0.2) is 17.5 Å². The summed E-state index contributed by atoms with van der Waals surface area (Å²) in [6.07, 6.45) is 0. The predicted molar refractivity (Wildman–Crippen MR) is 78.6 cm³/mol. The van der Waals surface area contributed by atoms with Gasteiger partial charge >= 0.3 is 0 Å². The van der Waals surface area contributed by atoms with Gasteiger partial charge in [0.05, 0.1) is 16.1 Å². The molecule has 0 atom stereocenters. The molecule has 3 N–H and O–H groups in total. The van der Waals surface area contributed by atoms with Gasteiger partial charge in [-0.1, -0.05) is 18.3 Å². The van der Waals surface area contributed by atoms with Crippen LogP contribution in [0, 0.1) is 5.82 Å². The molecule has 0 unspecified atom stereocenters. The summed E-state index contributed by atoms with van der Waals surface area (Å²) in [4.78, 5) is -0.591. The molecule has 20 heavy (non-hydrogen) atoms. The Morgan fingerprint density at radius 1 is 1.50 bits per heavy atom. The standard InChI is InChI=1S/C12H17FN2O3S2/c1-12(2,18-3)7-15-20(16,17)9-6-4-5-8(13)10(9)11(14)19/h4-6,15H,7H2,1-3H3,(H2,14,19). The lowest BCUT2D eigenvalue weighted by Crippen LogP contribution is -2.40. The molecule has 0 aliphatic rings. The van der Waals surface area contributed by atoms with Crippen molar-refractivity contribution in [3.05, 3.63) is 29.6 Å². The van der Waals surface area contributed by atoms with Crippen LogP contribution in [0.5, 0.6) is 0 Å². The first kappa shape index (κ1) is 17.0. The molecule has 8 heteroatoms. The average molecular weight is 320 g/mol. The van der Waals surface area contributed by atoms with Crippen molar-refractivity contribution < 1.29 is 17.5 Å². The fourth-order valence-corrected chi connectivity index (χ4v) is 3.09. The molecule has 0 bridgehead atoms. The third-order valence-corrected chi connectivity index (χ3v) is 4.40. The van der Waals surface area contributed by atoms with Gasteiger partial charge in [0.15, 0.2) is 0 Å². The molecule has 0 heterocycles. The van der Waals surface area contributed by atoms with Gasteiger partial charge < -0.3 is 10.5 Å². The highest BCUT2D eigenvalue weighted by atomic mass is 32.2. The Kier molecular flexibility index (Phi) is 5.20. The Morgan fingerprint density at radius 3 is 2.60 bits per heavy atom. The van der Waals surface area contributed by atoms with E-state index < -0.39 is 21.4 Å². The first-order valence-electron chi connectivity index (χ1n) is 5.74. The van der Waals surface area contributed by atoms with E-state index in [0.29, 0.717) is 0 Å². The Labute approximate surface area is 123 Å². The molecule has 1 aromatic rings. The highest BCUT2D eigenvalue weighted by Crippen LogP contribution is 2.19. The van der Waals surface area contributed by atoms with E-state index in [9.17, 15) is 12.8 Å². The van der Waals surface area contributed by atoms with Gasteiger partial charge in [0.25, 0.3) is 0 Å². The largest absolute Gasteiger partial charge is 0.389 e. The van der Waals surface area contributed by atoms with Crippen LogP contribution in [0.25, 0.3) is 0 Å². The summed E-state index contributed by atoms with van der Waals surface area (Å²) in [5, 5.41) is 0. The zero-order valence-electron chi connectivity index (χ0n) is 11.4. The van der Waals surface area contributed by atoms with Crippen molar-refractivity contribution in [2.75, 3.05) is 13.7 Å². The van der Waals surface area contributed by atoms with E-state index in [0.717, 1.165) is 6.07 Å². The van der Waals surface area contributed by atoms with Gasteiger partial charge in [-0.15, -0.1) is 0 Å². The lowest BCUT2D eigenvalue weighted by atomic mass is 10.1. The van der Waals surface area contributed by atoms with E-state index in [1.165, 1.54) is 19.2 Å². The van der Waals surface area contributed by atoms with Crippen molar-refractivity contribution in [1.29, 1.82) is 0 Å². The van der Waals surface area contributed by atoms with Gasteiger partial charge in [-0.3, -0.25) is 0 Å². The van der Waals surface area contributed by atoms with Crippen LogP contribution in [0.2, 0.25) is 0 Å². The molecule has 1 aromatic carbocycles. The van der Waals surface area contributed by atoms with Crippen LogP contribution in [0.15, 0.2) is 23.1 Å². The number of halogens is 1. The first-order chi connectivity index (χ1) is 9.10. The zero-order valence-corrected chi connectivity index (χ0v) is 13.1. The molecule has 0 aliphatic carbocycles. The van der Waals surface area contributed by atoms with Crippen LogP contribution in [-0.2, 0) is 14.8 Å². The number of nitrogens with two attached hydrogens (primary N) is 1. The summed E-state index contributed by atoms with van der Waals surface area (Å²) >= 11 is 4.71. The fraction of sp³-hybridized carbons (Fsp3) is 0.417. The maximum absolute atomic E-state index is 13.7. The normalized spacial score (nSPS) is 12.4. The van der Waals surface area contributed by atoms with Gasteiger partial charge in [0.2, 0.25) is 10.0 Å². The van der Waals surface area contributed by atoms with Crippen molar-refractivity contribution in [1.82, 2.24) is 4.72 Å². The number of sulfonamides is 1. The summed E-state index contributed by atoms with van der Waals surface area (Å²) in [6, 6.07) is 3.64. The molecule has 112 valence electrons. The van der Waals surface area contributed by atoms with Crippen LogP contribution < -0.4 is 10.5 Å². The Morgan fingerprint density at radius 2 is 2.10 bits per heavy atom. The topological polar surface area (TPSA) is 81.4 Å². The fourth-order valence-electron chi connectivity index (χ4n) is 1.39. The molecule has 0 radical (unpaired) electrons. The third-order valence-electron chi connectivity index (χ3n) is 2.75. The van der Waals surface area contributed by atoms with Crippen molar-refractivity contribution in [2.24, 2.45) is 5.73 Å². The molecule has 0 aromatic heterocycles. The molecule has 5 nitrogen and oxygen atoms in total. The maximum atomic E-state index is 13.7. The van der Waals surface area contributed by atoms with Gasteiger partial charge in [-0.05, 0) is 26.0 Å². The zero-order chi connectivity index (χ0) is 15.6. The van der Waals surface area contributed by atoms with Gasteiger partial charge in [0, 0.05) is 13.7 Å². The first-order valence-corrected chi connectivity index (χ1v) is 7.63. The van der Waals surface area contributed by atoms with Crippen LogP contribution in [-0.4, -0.2) is 32.7 Å². The number of benzene rings is 1. The predicted octanol–water partition coefficient (Wildman–Crippen LogP) is 1.16. The quantitative estimate of drug-likeness (QED) is 0.769. The lowest BCUT2D eigenvalue weighted by Gasteiger charge is -2.23. The summed E-state index contributed by atoms with van der Waals surface area (Å²) in [5.41, 5.74) is 4.42. The highest BCUT2D eigenvalue weighted by Gasteiger charge is 2.25. The van der Waals surface area contributed by atoms with Crippen molar-refractivity contribution in [3.63, 3.8) is 0 Å². The molecule has 1 rings (SSSR count). The molecule has 0 fully saturated rings. The monoisotopic (exact) mass is 320 g/mol. The number of ether oxygens (including phenoxy) is 1. The minimum atomic E-state index is -3.94. The summed E-state index contributed by atoms with van der Waals surface area (Å²) in [5.74, 6) is -0.772. The Balaban J connectivity index is 3.17. The van der Waals surface area contributed by atoms with E-state index in [-0.39, 0.29) is 22.0 Å². The number of hydrogen-bond donors (Lipinski definition) is 2. The van der Waals surface area contributed by atoms with Crippen LogP contribution >= 0.6 is 12.2 Å². The van der Waals surface area contributed by atoms with Crippen LogP contribution in [0.1, 0.15) is 19.4 Å². The second-order valence-electron chi connectivity index (χ2n) is 4.77. The van der Waals surface area contributed by atoms with Gasteiger partial charge in [0.1, 0.15) is 10.8 Å². The van der Waals surface area contributed by atoms with Crippen molar-refractivity contribution in [3.8, 4) is 0 Å². The number of methoxy groups -OCH3 is 1. The lowest BCUT2D eigenvalue weighted by molar-refractivity contribution is 0.0276. The van der Waals surface area contributed by atoms with Crippen LogP contribution in [0.3, 0.4) is 0 Å². The second kappa shape index (κ2) is 6.13. The molecule has 0 amide bonds. The van der Waals surface area contributed by atoms with E-state index in [2.05, 4.69) is 4.72 Å². The smallest absolute Gasteiger partial charge is 0.241 e. The third kappa shape index (κ3) is 3.95. The van der Waals surface area contributed by atoms with Crippen LogP contribution in [0.4, 0.5) is 4.39 Å². The molecular formula is C12H17FN2O3S2. The Hall–Kier alpha value is -1.09. The molecule has 0 saturated heterocycles. The van der Waals surface area contributed by atoms with E-state index in [1.807, 2.05) is 0 Å². The van der Waals surface area contributed by atoms with Gasteiger partial charge in [-0.2, -0.15) is 0 Å². The van der Waals surface area contributed by atoms with E-state index >= 15 is 0 Å². The Bertz CT molecular complexity index is 615. The molecule has 0 aliphatic heterocycles. The average Bonchev–Trinajstić information content (AvgIpc) is 2.36. The van der Waals surface area contributed by atoms with E-state index in [1.54, 1.807) is 13.8 Å². The summed E-state index contributed by atoms with van der Waals surface area (Å²) in [7, 11) is -2.47. The summed E-state index contributed by atoms with van der Waals surface area (Å²) in [6.45, 7) is 3.46. The molecular weight excluding hydrogens is 303 g/mol. The number of nitrogens with one attached hydrogen (secondary N) is 1. The highest BCUT2D eigenvalue weighted by molar-refractivity contribution is 7.89. The maximum Gasteiger partial charge on any atom is 0.241 e. The minimum Gasteiger partial charge on any atom is -0.389 e. The minimum absolute atomic E-state index is 0.0269. The number of rotatable bonds is 6. The SMILES string of the molecule is COC(C)(C)CNS(=O)(=O)c1cccc(F)c1C(N)=S.